The molecule has 32 heavy (non-hydrogen) atoms. The standard InChI is InChI=1S/C25H36N2O5/c1-30-18-13-24(26-22(28)19-7-16-32-17-8-19)11-14-27(15-12-24)23(29)25(9-10-25)20-3-5-21(31-2)6-4-20/h3-6,19H,7-18H2,1-2H3,(H,26,28). The van der Waals surface area contributed by atoms with Gasteiger partial charge in [0.1, 0.15) is 5.75 Å². The van der Waals surface area contributed by atoms with Crippen LogP contribution in [0.5, 0.6) is 5.75 Å². The molecule has 3 aliphatic rings. The molecule has 2 heterocycles. The quantitative estimate of drug-likeness (QED) is 0.667. The molecule has 3 fully saturated rings. The first-order chi connectivity index (χ1) is 15.5. The third-order valence-corrected chi connectivity index (χ3v) is 7.57. The Labute approximate surface area is 190 Å². The van der Waals surface area contributed by atoms with Crippen molar-refractivity contribution >= 4 is 11.8 Å². The van der Waals surface area contributed by atoms with E-state index in [1.165, 1.54) is 0 Å². The molecule has 2 amide bonds. The molecule has 1 aromatic rings. The Morgan fingerprint density at radius 3 is 2.28 bits per heavy atom. The number of carbonyl (C=O) groups is 2. The fraction of sp³-hybridized carbons (Fsp3) is 0.680. The van der Waals surface area contributed by atoms with Crippen LogP contribution in [0, 0.1) is 5.92 Å². The van der Waals surface area contributed by atoms with Gasteiger partial charge < -0.3 is 24.4 Å². The molecule has 1 saturated carbocycles. The molecule has 0 aromatic heterocycles. The summed E-state index contributed by atoms with van der Waals surface area (Å²) in [6, 6.07) is 7.90. The van der Waals surface area contributed by atoms with Crippen LogP contribution >= 0.6 is 0 Å². The summed E-state index contributed by atoms with van der Waals surface area (Å²) in [7, 11) is 3.34. The van der Waals surface area contributed by atoms with Crippen LogP contribution in [0.3, 0.4) is 0 Å². The molecular weight excluding hydrogens is 408 g/mol. The van der Waals surface area contributed by atoms with E-state index in [0.29, 0.717) is 32.9 Å². The lowest BCUT2D eigenvalue weighted by atomic mass is 9.82. The molecule has 2 aliphatic heterocycles. The minimum Gasteiger partial charge on any atom is -0.497 e. The van der Waals surface area contributed by atoms with Crippen molar-refractivity contribution in [2.45, 2.75) is 55.9 Å². The Morgan fingerprint density at radius 1 is 1.06 bits per heavy atom. The van der Waals surface area contributed by atoms with Gasteiger partial charge in [0.2, 0.25) is 11.8 Å². The van der Waals surface area contributed by atoms with E-state index in [4.69, 9.17) is 14.2 Å². The molecule has 1 N–H and O–H groups in total. The third kappa shape index (κ3) is 4.79. The maximum absolute atomic E-state index is 13.5. The monoisotopic (exact) mass is 444 g/mol. The molecule has 2 saturated heterocycles. The number of hydrogen-bond donors (Lipinski definition) is 1. The van der Waals surface area contributed by atoms with Crippen LogP contribution in [0.4, 0.5) is 0 Å². The van der Waals surface area contributed by atoms with Crippen molar-refractivity contribution in [1.29, 1.82) is 0 Å². The van der Waals surface area contributed by atoms with E-state index in [1.807, 2.05) is 29.2 Å². The van der Waals surface area contributed by atoms with Gasteiger partial charge in [-0.15, -0.1) is 0 Å². The van der Waals surface area contributed by atoms with E-state index in [1.54, 1.807) is 14.2 Å². The number of ether oxygens (including phenoxy) is 3. The zero-order chi connectivity index (χ0) is 22.6. The van der Waals surface area contributed by atoms with Crippen LogP contribution in [0.2, 0.25) is 0 Å². The first-order valence-electron chi connectivity index (χ1n) is 11.8. The Bertz CT molecular complexity index is 791. The van der Waals surface area contributed by atoms with Crippen molar-refractivity contribution in [3.05, 3.63) is 29.8 Å². The Balaban J connectivity index is 1.40. The van der Waals surface area contributed by atoms with Crippen LogP contribution < -0.4 is 10.1 Å². The van der Waals surface area contributed by atoms with Gasteiger partial charge in [-0.3, -0.25) is 9.59 Å². The summed E-state index contributed by atoms with van der Waals surface area (Å²) < 4.78 is 16.0. The van der Waals surface area contributed by atoms with Gasteiger partial charge in [0.15, 0.2) is 0 Å². The topological polar surface area (TPSA) is 77.1 Å². The molecule has 0 unspecified atom stereocenters. The number of hydrogen-bond acceptors (Lipinski definition) is 5. The fourth-order valence-electron chi connectivity index (χ4n) is 5.16. The number of benzene rings is 1. The van der Waals surface area contributed by atoms with Gasteiger partial charge >= 0.3 is 0 Å². The summed E-state index contributed by atoms with van der Waals surface area (Å²) >= 11 is 0. The highest BCUT2D eigenvalue weighted by atomic mass is 16.5. The van der Waals surface area contributed by atoms with Crippen LogP contribution in [0.25, 0.3) is 0 Å². The van der Waals surface area contributed by atoms with Gasteiger partial charge in [-0.05, 0) is 62.6 Å². The second kappa shape index (κ2) is 9.79. The molecule has 0 bridgehead atoms. The summed E-state index contributed by atoms with van der Waals surface area (Å²) in [5.74, 6) is 1.17. The average molecular weight is 445 g/mol. The highest BCUT2D eigenvalue weighted by Gasteiger charge is 2.54. The second-order valence-electron chi connectivity index (χ2n) is 9.50. The van der Waals surface area contributed by atoms with Crippen molar-refractivity contribution in [2.24, 2.45) is 5.92 Å². The zero-order valence-electron chi connectivity index (χ0n) is 19.4. The SMILES string of the molecule is COCCC1(NC(=O)C2CCOCC2)CCN(C(=O)C2(c3ccc(OC)cc3)CC2)CC1. The number of piperidine rings is 1. The van der Waals surface area contributed by atoms with E-state index >= 15 is 0 Å². The lowest BCUT2D eigenvalue weighted by Gasteiger charge is -2.44. The smallest absolute Gasteiger partial charge is 0.233 e. The van der Waals surface area contributed by atoms with Crippen molar-refractivity contribution < 1.29 is 23.8 Å². The molecule has 176 valence electrons. The van der Waals surface area contributed by atoms with E-state index in [0.717, 1.165) is 56.3 Å². The van der Waals surface area contributed by atoms with Crippen molar-refractivity contribution in [1.82, 2.24) is 10.2 Å². The number of amides is 2. The van der Waals surface area contributed by atoms with E-state index in [9.17, 15) is 9.59 Å². The van der Waals surface area contributed by atoms with Crippen molar-refractivity contribution in [3.8, 4) is 5.75 Å². The molecule has 4 rings (SSSR count). The molecular formula is C25H36N2O5. The van der Waals surface area contributed by atoms with Gasteiger partial charge in [0, 0.05) is 51.5 Å². The summed E-state index contributed by atoms with van der Waals surface area (Å²) in [4.78, 5) is 28.5. The number of rotatable bonds is 8. The second-order valence-corrected chi connectivity index (χ2v) is 9.50. The average Bonchev–Trinajstić information content (AvgIpc) is 3.65. The first kappa shape index (κ1) is 23.1. The largest absolute Gasteiger partial charge is 0.497 e. The van der Waals surface area contributed by atoms with Crippen LogP contribution in [-0.4, -0.2) is 69.4 Å². The first-order valence-corrected chi connectivity index (χ1v) is 11.8. The van der Waals surface area contributed by atoms with Crippen LogP contribution in [-0.2, 0) is 24.5 Å². The summed E-state index contributed by atoms with van der Waals surface area (Å²) in [5.41, 5.74) is 0.385. The van der Waals surface area contributed by atoms with E-state index in [-0.39, 0.29) is 28.7 Å². The molecule has 7 nitrogen and oxygen atoms in total. The maximum Gasteiger partial charge on any atom is 0.233 e. The number of nitrogens with one attached hydrogen (secondary N) is 1. The third-order valence-electron chi connectivity index (χ3n) is 7.57. The van der Waals surface area contributed by atoms with Gasteiger partial charge in [0.05, 0.1) is 12.5 Å². The lowest BCUT2D eigenvalue weighted by molar-refractivity contribution is -0.137. The molecule has 1 aromatic carbocycles. The number of carbonyl (C=O) groups excluding carboxylic acids is 2. The highest BCUT2D eigenvalue weighted by Crippen LogP contribution is 2.50. The predicted molar refractivity (Wildman–Crippen MR) is 121 cm³/mol. The molecule has 0 atom stereocenters. The number of nitrogens with zero attached hydrogens (tertiary/aromatic N) is 1. The van der Waals surface area contributed by atoms with E-state index in [2.05, 4.69) is 5.32 Å². The van der Waals surface area contributed by atoms with Crippen LogP contribution in [0.1, 0.15) is 50.5 Å². The van der Waals surface area contributed by atoms with Gasteiger partial charge in [-0.1, -0.05) is 12.1 Å². The molecule has 1 aliphatic carbocycles. The van der Waals surface area contributed by atoms with Crippen LogP contribution in [0.15, 0.2) is 24.3 Å². The number of methoxy groups -OCH3 is 2. The normalized spacial score (nSPS) is 22.2. The summed E-state index contributed by atoms with van der Waals surface area (Å²) in [5, 5.41) is 3.37. The lowest BCUT2D eigenvalue weighted by Crippen LogP contribution is -2.58. The molecule has 0 spiro atoms. The molecule has 7 heteroatoms. The fourth-order valence-corrected chi connectivity index (χ4v) is 5.16. The Hall–Kier alpha value is -2.12. The van der Waals surface area contributed by atoms with E-state index < -0.39 is 0 Å². The number of likely N-dealkylation sites (tertiary alicyclic amines) is 1. The Kier molecular flexibility index (Phi) is 7.05. The predicted octanol–water partition coefficient (Wildman–Crippen LogP) is 2.67. The minimum atomic E-state index is -0.385. The summed E-state index contributed by atoms with van der Waals surface area (Å²) in [6.07, 6.45) is 5.63. The maximum atomic E-state index is 13.5. The minimum absolute atomic E-state index is 0.0210. The van der Waals surface area contributed by atoms with Gasteiger partial charge in [-0.25, -0.2) is 0 Å². The Morgan fingerprint density at radius 2 is 1.72 bits per heavy atom. The van der Waals surface area contributed by atoms with Gasteiger partial charge in [0.25, 0.3) is 0 Å². The van der Waals surface area contributed by atoms with Crippen molar-refractivity contribution in [3.63, 3.8) is 0 Å². The van der Waals surface area contributed by atoms with Crippen molar-refractivity contribution in [2.75, 3.05) is 47.1 Å². The highest BCUT2D eigenvalue weighted by molar-refractivity contribution is 5.91. The summed E-state index contributed by atoms with van der Waals surface area (Å²) in [6.45, 7) is 3.22. The van der Waals surface area contributed by atoms with Gasteiger partial charge in [-0.2, -0.15) is 0 Å². The zero-order valence-corrected chi connectivity index (χ0v) is 19.4. The molecule has 0 radical (unpaired) electrons.